The minimum atomic E-state index is -0.248. The molecule has 0 atom stereocenters. The second kappa shape index (κ2) is 7.90. The normalized spacial score (nSPS) is 10.5. The largest absolute Gasteiger partial charge is 0.416 e. The molecule has 0 spiro atoms. The maximum absolute atomic E-state index is 12.4. The zero-order valence-electron chi connectivity index (χ0n) is 15.6. The summed E-state index contributed by atoms with van der Waals surface area (Å²) in [7, 11) is 0. The molecule has 1 heterocycles. The van der Waals surface area contributed by atoms with Gasteiger partial charge in [-0.3, -0.25) is 9.59 Å². The first-order valence-electron chi connectivity index (χ1n) is 9.02. The zero-order valence-corrected chi connectivity index (χ0v) is 15.6. The number of hydrogen-bond acceptors (Lipinski definition) is 5. The van der Waals surface area contributed by atoms with Gasteiger partial charge in [-0.15, -0.1) is 10.2 Å². The van der Waals surface area contributed by atoms with E-state index in [4.69, 9.17) is 4.42 Å². The molecule has 3 aromatic carbocycles. The molecule has 0 unspecified atom stereocenters. The van der Waals surface area contributed by atoms with Crippen LogP contribution in [0.1, 0.15) is 27.6 Å². The zero-order chi connectivity index (χ0) is 20.2. The quantitative estimate of drug-likeness (QED) is 0.498. The van der Waals surface area contributed by atoms with Crippen molar-refractivity contribution in [1.29, 1.82) is 0 Å². The van der Waals surface area contributed by atoms with Crippen LogP contribution in [0.15, 0.2) is 83.3 Å². The van der Waals surface area contributed by atoms with Gasteiger partial charge < -0.3 is 9.73 Å². The summed E-state index contributed by atoms with van der Waals surface area (Å²) in [4.78, 5) is 23.8. The molecule has 1 N–H and O–H groups in total. The maximum Gasteiger partial charge on any atom is 0.255 e. The number of benzene rings is 3. The standard InChI is InChI=1S/C23H17N3O3/c1-15(27)16-11-13-20(14-12-16)24-21(28)17-7-9-19(10-8-17)23-26-25-22(29-23)18-5-3-2-4-6-18/h2-14H,1H3,(H,24,28). The minimum absolute atomic E-state index is 0.0186. The Balaban J connectivity index is 1.47. The third kappa shape index (κ3) is 4.11. The SMILES string of the molecule is CC(=O)c1ccc(NC(=O)c2ccc(-c3nnc(-c4ccccc4)o3)cc2)cc1. The van der Waals surface area contributed by atoms with Crippen LogP contribution in [0, 0.1) is 0 Å². The second-order valence-corrected chi connectivity index (χ2v) is 6.44. The van der Waals surface area contributed by atoms with E-state index < -0.39 is 0 Å². The van der Waals surface area contributed by atoms with Crippen LogP contribution in [0.5, 0.6) is 0 Å². The van der Waals surface area contributed by atoms with Crippen molar-refractivity contribution in [1.82, 2.24) is 10.2 Å². The highest BCUT2D eigenvalue weighted by atomic mass is 16.4. The van der Waals surface area contributed by atoms with Crippen LogP contribution in [-0.4, -0.2) is 21.9 Å². The van der Waals surface area contributed by atoms with Crippen molar-refractivity contribution in [3.8, 4) is 22.9 Å². The molecular formula is C23H17N3O3. The smallest absolute Gasteiger partial charge is 0.255 e. The molecular weight excluding hydrogens is 366 g/mol. The predicted molar refractivity (Wildman–Crippen MR) is 110 cm³/mol. The highest BCUT2D eigenvalue weighted by Crippen LogP contribution is 2.24. The number of hydrogen-bond donors (Lipinski definition) is 1. The third-order valence-electron chi connectivity index (χ3n) is 4.39. The van der Waals surface area contributed by atoms with Crippen LogP contribution in [0.3, 0.4) is 0 Å². The highest BCUT2D eigenvalue weighted by molar-refractivity contribution is 6.04. The lowest BCUT2D eigenvalue weighted by molar-refractivity contribution is 0.101. The first-order chi connectivity index (χ1) is 14.1. The van der Waals surface area contributed by atoms with Crippen LogP contribution < -0.4 is 5.32 Å². The van der Waals surface area contributed by atoms with Crippen molar-refractivity contribution >= 4 is 17.4 Å². The fourth-order valence-electron chi connectivity index (χ4n) is 2.79. The molecule has 29 heavy (non-hydrogen) atoms. The molecule has 0 bridgehead atoms. The summed E-state index contributed by atoms with van der Waals surface area (Å²) < 4.78 is 5.73. The van der Waals surface area contributed by atoms with Crippen molar-refractivity contribution in [3.05, 3.63) is 90.0 Å². The van der Waals surface area contributed by atoms with E-state index in [1.807, 2.05) is 30.3 Å². The van der Waals surface area contributed by atoms with E-state index in [0.29, 0.717) is 28.6 Å². The highest BCUT2D eigenvalue weighted by Gasteiger charge is 2.12. The fourth-order valence-corrected chi connectivity index (χ4v) is 2.79. The first kappa shape index (κ1) is 18.3. The second-order valence-electron chi connectivity index (χ2n) is 6.44. The number of rotatable bonds is 5. The Kier molecular flexibility index (Phi) is 4.99. The number of nitrogens with zero attached hydrogens (tertiary/aromatic N) is 2. The fraction of sp³-hybridized carbons (Fsp3) is 0.0435. The molecule has 142 valence electrons. The molecule has 0 saturated heterocycles. The van der Waals surface area contributed by atoms with Crippen molar-refractivity contribution in [2.45, 2.75) is 6.92 Å². The maximum atomic E-state index is 12.4. The topological polar surface area (TPSA) is 85.1 Å². The minimum Gasteiger partial charge on any atom is -0.416 e. The molecule has 0 saturated carbocycles. The van der Waals surface area contributed by atoms with Gasteiger partial charge in [0.2, 0.25) is 11.8 Å². The van der Waals surface area contributed by atoms with Gasteiger partial charge in [-0.1, -0.05) is 18.2 Å². The van der Waals surface area contributed by atoms with Crippen molar-refractivity contribution < 1.29 is 14.0 Å². The molecule has 1 aromatic heterocycles. The number of carbonyl (C=O) groups is 2. The summed E-state index contributed by atoms with van der Waals surface area (Å²) >= 11 is 0. The molecule has 0 radical (unpaired) electrons. The summed E-state index contributed by atoms with van der Waals surface area (Å²) in [6, 6.07) is 23.2. The Labute approximate surface area is 167 Å². The van der Waals surface area contributed by atoms with Gasteiger partial charge in [-0.25, -0.2) is 0 Å². The Bertz CT molecular complexity index is 1150. The van der Waals surface area contributed by atoms with Gasteiger partial charge in [-0.2, -0.15) is 0 Å². The molecule has 0 aliphatic carbocycles. The average molecular weight is 383 g/mol. The molecule has 0 aliphatic heterocycles. The lowest BCUT2D eigenvalue weighted by atomic mass is 10.1. The Morgan fingerprint density at radius 2 is 1.28 bits per heavy atom. The number of nitrogens with one attached hydrogen (secondary N) is 1. The van der Waals surface area contributed by atoms with Crippen LogP contribution in [0.25, 0.3) is 22.9 Å². The predicted octanol–water partition coefficient (Wildman–Crippen LogP) is 4.86. The monoisotopic (exact) mass is 383 g/mol. The lowest BCUT2D eigenvalue weighted by Gasteiger charge is -2.06. The number of Topliss-reactive ketones (excluding diaryl/α,β-unsaturated/α-hetero) is 1. The number of aromatic nitrogens is 2. The summed E-state index contributed by atoms with van der Waals surface area (Å²) in [6.07, 6.45) is 0. The van der Waals surface area contributed by atoms with E-state index >= 15 is 0 Å². The van der Waals surface area contributed by atoms with Gasteiger partial charge in [0.05, 0.1) is 0 Å². The van der Waals surface area contributed by atoms with E-state index in [1.54, 1.807) is 48.5 Å². The summed E-state index contributed by atoms with van der Waals surface area (Å²) in [6.45, 7) is 1.50. The Morgan fingerprint density at radius 3 is 1.86 bits per heavy atom. The van der Waals surface area contributed by atoms with Gasteiger partial charge in [-0.05, 0) is 67.6 Å². The Hall–Kier alpha value is -4.06. The molecule has 0 aliphatic rings. The van der Waals surface area contributed by atoms with Gasteiger partial charge in [0.15, 0.2) is 5.78 Å². The first-order valence-corrected chi connectivity index (χ1v) is 9.02. The van der Waals surface area contributed by atoms with E-state index in [2.05, 4.69) is 15.5 Å². The Morgan fingerprint density at radius 1 is 0.724 bits per heavy atom. The van der Waals surface area contributed by atoms with Gasteiger partial charge >= 0.3 is 0 Å². The summed E-state index contributed by atoms with van der Waals surface area (Å²) in [5.41, 5.74) is 3.28. The third-order valence-corrected chi connectivity index (χ3v) is 4.39. The van der Waals surface area contributed by atoms with E-state index in [-0.39, 0.29) is 11.7 Å². The molecule has 4 aromatic rings. The lowest BCUT2D eigenvalue weighted by Crippen LogP contribution is -2.11. The van der Waals surface area contributed by atoms with E-state index in [9.17, 15) is 9.59 Å². The van der Waals surface area contributed by atoms with Crippen LogP contribution >= 0.6 is 0 Å². The molecule has 4 rings (SSSR count). The number of amides is 1. The molecule has 1 amide bonds. The number of anilines is 1. The van der Waals surface area contributed by atoms with Crippen molar-refractivity contribution in [3.63, 3.8) is 0 Å². The van der Waals surface area contributed by atoms with Crippen molar-refractivity contribution in [2.75, 3.05) is 5.32 Å². The van der Waals surface area contributed by atoms with Crippen LogP contribution in [-0.2, 0) is 0 Å². The van der Waals surface area contributed by atoms with E-state index in [1.165, 1.54) is 6.92 Å². The molecule has 6 heteroatoms. The van der Waals surface area contributed by atoms with Crippen LogP contribution in [0.2, 0.25) is 0 Å². The molecule has 6 nitrogen and oxygen atoms in total. The van der Waals surface area contributed by atoms with Gasteiger partial charge in [0.25, 0.3) is 5.91 Å². The van der Waals surface area contributed by atoms with Gasteiger partial charge in [0.1, 0.15) is 0 Å². The van der Waals surface area contributed by atoms with Crippen LogP contribution in [0.4, 0.5) is 5.69 Å². The van der Waals surface area contributed by atoms with Crippen molar-refractivity contribution in [2.24, 2.45) is 0 Å². The summed E-state index contributed by atoms with van der Waals surface area (Å²) in [5.74, 6) is 0.560. The average Bonchev–Trinajstić information content (AvgIpc) is 3.25. The summed E-state index contributed by atoms with van der Waals surface area (Å²) in [5, 5.41) is 11.0. The van der Waals surface area contributed by atoms with Gasteiger partial charge in [0, 0.05) is 27.9 Å². The number of ketones is 1. The number of carbonyl (C=O) groups excluding carboxylic acids is 2. The van der Waals surface area contributed by atoms with E-state index in [0.717, 1.165) is 11.1 Å². The molecule has 0 fully saturated rings.